The van der Waals surface area contributed by atoms with E-state index in [9.17, 15) is 14.4 Å². The van der Waals surface area contributed by atoms with E-state index in [1.54, 1.807) is 0 Å². The number of carbonyl (C=O) groups is 3. The van der Waals surface area contributed by atoms with Gasteiger partial charge in [-0.15, -0.1) is 0 Å². The fourth-order valence-electron chi connectivity index (χ4n) is 2.73. The summed E-state index contributed by atoms with van der Waals surface area (Å²) in [5.74, 6) is -0.606. The minimum Gasteiger partial charge on any atom is -0.445 e. The number of ether oxygens (including phenoxy) is 1. The number of benzene rings is 1. The van der Waals surface area contributed by atoms with Crippen LogP contribution in [-0.4, -0.2) is 41.6 Å². The molecule has 2 amide bonds. The van der Waals surface area contributed by atoms with E-state index in [1.807, 2.05) is 58.0 Å². The predicted octanol–water partition coefficient (Wildman–Crippen LogP) is 2.42. The minimum atomic E-state index is -0.829. The molecule has 28 heavy (non-hydrogen) atoms. The highest BCUT2D eigenvalue weighted by Crippen LogP contribution is 2.10. The molecule has 1 aromatic rings. The number of alkyl carbamates (subject to hydrolysis) is 1. The minimum absolute atomic E-state index is 0.0989. The number of hydrogen-bond donors (Lipinski definition) is 3. The van der Waals surface area contributed by atoms with Gasteiger partial charge in [0.05, 0.1) is 6.04 Å². The zero-order valence-electron chi connectivity index (χ0n) is 17.1. The second-order valence-corrected chi connectivity index (χ2v) is 7.70. The van der Waals surface area contributed by atoms with Gasteiger partial charge in [-0.1, -0.05) is 58.0 Å². The number of aliphatic hydroxyl groups excluding tert-OH is 1. The maximum atomic E-state index is 12.7. The van der Waals surface area contributed by atoms with Gasteiger partial charge in [-0.3, -0.25) is 9.59 Å². The molecule has 0 aromatic heterocycles. The van der Waals surface area contributed by atoms with Gasteiger partial charge in [-0.05, 0) is 30.2 Å². The molecule has 0 heterocycles. The molecule has 0 bridgehead atoms. The van der Waals surface area contributed by atoms with E-state index in [4.69, 9.17) is 9.84 Å². The maximum Gasteiger partial charge on any atom is 0.408 e. The number of carbonyl (C=O) groups excluding carboxylic acids is 3. The second kappa shape index (κ2) is 12.1. The second-order valence-electron chi connectivity index (χ2n) is 7.70. The molecule has 156 valence electrons. The molecule has 2 atom stereocenters. The van der Waals surface area contributed by atoms with Gasteiger partial charge in [0.2, 0.25) is 5.91 Å². The smallest absolute Gasteiger partial charge is 0.408 e. The third-order valence-corrected chi connectivity index (χ3v) is 4.10. The van der Waals surface area contributed by atoms with Crippen LogP contribution in [0.4, 0.5) is 4.79 Å². The summed E-state index contributed by atoms with van der Waals surface area (Å²) in [6.07, 6.45) is 0.116. The van der Waals surface area contributed by atoms with Crippen molar-refractivity contribution in [3.8, 4) is 0 Å². The fraction of sp³-hybridized carbons (Fsp3) is 0.571. The number of aliphatic hydroxyl groups is 1. The van der Waals surface area contributed by atoms with Crippen molar-refractivity contribution in [2.45, 2.75) is 59.2 Å². The highest BCUT2D eigenvalue weighted by Gasteiger charge is 2.27. The quantitative estimate of drug-likeness (QED) is 0.536. The molecule has 0 spiro atoms. The van der Waals surface area contributed by atoms with E-state index in [-0.39, 0.29) is 18.4 Å². The molecule has 7 heteroatoms. The van der Waals surface area contributed by atoms with Gasteiger partial charge < -0.3 is 20.5 Å². The molecular weight excluding hydrogens is 360 g/mol. The van der Waals surface area contributed by atoms with E-state index < -0.39 is 36.5 Å². The standard InChI is InChI=1S/C21H32N2O5/c1-14(2)10-17(19(25)12-24)22-20(26)18(11-15(3)4)23-21(27)28-13-16-8-6-5-7-9-16/h5-9,14-15,17-18,24H,10-13H2,1-4H3,(H,22,26)(H,23,27). The molecule has 1 aromatic carbocycles. The Morgan fingerprint density at radius 2 is 1.50 bits per heavy atom. The van der Waals surface area contributed by atoms with Gasteiger partial charge in [0.15, 0.2) is 5.78 Å². The average Bonchev–Trinajstić information content (AvgIpc) is 2.64. The highest BCUT2D eigenvalue weighted by atomic mass is 16.5. The zero-order chi connectivity index (χ0) is 21.1. The van der Waals surface area contributed by atoms with Crippen LogP contribution < -0.4 is 10.6 Å². The Hall–Kier alpha value is -2.41. The van der Waals surface area contributed by atoms with E-state index in [0.717, 1.165) is 5.56 Å². The Bertz CT molecular complexity index is 631. The van der Waals surface area contributed by atoms with Gasteiger partial charge in [-0.25, -0.2) is 4.79 Å². The van der Waals surface area contributed by atoms with Gasteiger partial charge in [-0.2, -0.15) is 0 Å². The number of nitrogens with one attached hydrogen (secondary N) is 2. The lowest BCUT2D eigenvalue weighted by Crippen LogP contribution is -2.52. The summed E-state index contributed by atoms with van der Waals surface area (Å²) in [5, 5.41) is 14.4. The fourth-order valence-corrected chi connectivity index (χ4v) is 2.73. The first kappa shape index (κ1) is 23.6. The molecule has 0 radical (unpaired) electrons. The third kappa shape index (κ3) is 8.99. The van der Waals surface area contributed by atoms with Crippen LogP contribution in [0.3, 0.4) is 0 Å². The topological polar surface area (TPSA) is 105 Å². The zero-order valence-corrected chi connectivity index (χ0v) is 17.1. The summed E-state index contributed by atoms with van der Waals surface area (Å²) >= 11 is 0. The van der Waals surface area contributed by atoms with Crippen molar-refractivity contribution in [3.05, 3.63) is 35.9 Å². The van der Waals surface area contributed by atoms with Gasteiger partial charge in [0.25, 0.3) is 0 Å². The number of ketones is 1. The Labute approximate surface area is 166 Å². The first-order valence-corrected chi connectivity index (χ1v) is 9.64. The van der Waals surface area contributed by atoms with Crippen LogP contribution in [0.2, 0.25) is 0 Å². The normalized spacial score (nSPS) is 13.1. The van der Waals surface area contributed by atoms with E-state index >= 15 is 0 Å². The first-order chi connectivity index (χ1) is 13.2. The average molecular weight is 392 g/mol. The molecular formula is C21H32N2O5. The first-order valence-electron chi connectivity index (χ1n) is 9.64. The Balaban J connectivity index is 2.72. The molecule has 3 N–H and O–H groups in total. The number of rotatable bonds is 11. The molecule has 0 aliphatic rings. The van der Waals surface area contributed by atoms with Crippen LogP contribution in [0, 0.1) is 11.8 Å². The molecule has 2 unspecified atom stereocenters. The number of hydrogen-bond acceptors (Lipinski definition) is 5. The lowest BCUT2D eigenvalue weighted by Gasteiger charge is -2.24. The van der Waals surface area contributed by atoms with Gasteiger partial charge in [0, 0.05) is 0 Å². The summed E-state index contributed by atoms with van der Waals surface area (Å²) in [4.78, 5) is 36.8. The SMILES string of the molecule is CC(C)CC(NC(=O)C(CC(C)C)NC(=O)OCc1ccccc1)C(=O)CO. The summed E-state index contributed by atoms with van der Waals surface area (Å²) in [7, 11) is 0. The van der Waals surface area contributed by atoms with Crippen molar-refractivity contribution in [1.82, 2.24) is 10.6 Å². The Morgan fingerprint density at radius 3 is 2.04 bits per heavy atom. The molecule has 1 rings (SSSR count). The van der Waals surface area contributed by atoms with Crippen LogP contribution in [0.25, 0.3) is 0 Å². The summed E-state index contributed by atoms with van der Waals surface area (Å²) in [6.45, 7) is 7.17. The van der Waals surface area contributed by atoms with Crippen molar-refractivity contribution in [3.63, 3.8) is 0 Å². The largest absolute Gasteiger partial charge is 0.445 e. The summed E-state index contributed by atoms with van der Waals surface area (Å²) in [5.41, 5.74) is 0.841. The molecule has 0 fully saturated rings. The predicted molar refractivity (Wildman–Crippen MR) is 106 cm³/mol. The van der Waals surface area contributed by atoms with Crippen molar-refractivity contribution in [2.24, 2.45) is 11.8 Å². The van der Waals surface area contributed by atoms with Gasteiger partial charge >= 0.3 is 6.09 Å². The van der Waals surface area contributed by atoms with E-state index in [1.165, 1.54) is 0 Å². The highest BCUT2D eigenvalue weighted by molar-refractivity contribution is 5.92. The Kier molecular flexibility index (Phi) is 10.2. The molecule has 0 aliphatic carbocycles. The van der Waals surface area contributed by atoms with Crippen molar-refractivity contribution in [1.29, 1.82) is 0 Å². The van der Waals surface area contributed by atoms with Crippen molar-refractivity contribution < 1.29 is 24.2 Å². The van der Waals surface area contributed by atoms with E-state index in [2.05, 4.69) is 10.6 Å². The Morgan fingerprint density at radius 1 is 0.929 bits per heavy atom. The number of Topliss-reactive ketones (excluding diaryl/α,β-unsaturated/α-hetero) is 1. The molecule has 0 saturated carbocycles. The van der Waals surface area contributed by atoms with Crippen molar-refractivity contribution in [2.75, 3.05) is 6.61 Å². The monoisotopic (exact) mass is 392 g/mol. The van der Waals surface area contributed by atoms with Crippen LogP contribution in [-0.2, 0) is 20.9 Å². The molecule has 0 saturated heterocycles. The maximum absolute atomic E-state index is 12.7. The lowest BCUT2D eigenvalue weighted by atomic mass is 9.98. The summed E-state index contributed by atoms with van der Waals surface area (Å²) in [6, 6.07) is 7.62. The van der Waals surface area contributed by atoms with Crippen LogP contribution in [0.5, 0.6) is 0 Å². The van der Waals surface area contributed by atoms with Crippen LogP contribution in [0.15, 0.2) is 30.3 Å². The molecule has 0 aliphatic heterocycles. The van der Waals surface area contributed by atoms with Crippen molar-refractivity contribution >= 4 is 17.8 Å². The van der Waals surface area contributed by atoms with E-state index in [0.29, 0.717) is 12.8 Å². The molecule has 7 nitrogen and oxygen atoms in total. The van der Waals surface area contributed by atoms with Crippen LogP contribution in [0.1, 0.15) is 46.1 Å². The van der Waals surface area contributed by atoms with Crippen LogP contribution >= 0.6 is 0 Å². The van der Waals surface area contributed by atoms with Gasteiger partial charge in [0.1, 0.15) is 19.3 Å². The lowest BCUT2D eigenvalue weighted by molar-refractivity contribution is -0.130. The summed E-state index contributed by atoms with van der Waals surface area (Å²) < 4.78 is 5.19. The third-order valence-electron chi connectivity index (χ3n) is 4.10. The number of amides is 2.